The molecule has 27 heavy (non-hydrogen) atoms. The van der Waals surface area contributed by atoms with Crippen molar-refractivity contribution in [3.63, 3.8) is 0 Å². The summed E-state index contributed by atoms with van der Waals surface area (Å²) < 4.78 is 6.90. The maximum atomic E-state index is 13.2. The number of carbonyl (C=O) groups is 2. The van der Waals surface area contributed by atoms with Crippen LogP contribution < -0.4 is 0 Å². The highest BCUT2D eigenvalue weighted by molar-refractivity contribution is 9.10. The third-order valence-electron chi connectivity index (χ3n) is 5.75. The Bertz CT molecular complexity index is 1110. The first-order valence-corrected chi connectivity index (χ1v) is 10.1. The molecule has 0 bridgehead atoms. The number of hydrogen-bond donors (Lipinski definition) is 1. The monoisotopic (exact) mass is 426 g/mol. The van der Waals surface area contributed by atoms with E-state index in [1.807, 2.05) is 24.0 Å². The number of para-hydroxylation sites is 1. The van der Waals surface area contributed by atoms with Crippen molar-refractivity contribution < 1.29 is 14.0 Å². The fourth-order valence-electron chi connectivity index (χ4n) is 4.37. The van der Waals surface area contributed by atoms with E-state index in [9.17, 15) is 9.59 Å². The number of aryl methyl sites for hydroxylation is 1. The van der Waals surface area contributed by atoms with E-state index < -0.39 is 0 Å². The highest BCUT2D eigenvalue weighted by atomic mass is 79.9. The van der Waals surface area contributed by atoms with Crippen molar-refractivity contribution in [2.24, 2.45) is 0 Å². The van der Waals surface area contributed by atoms with Gasteiger partial charge in [-0.25, -0.2) is 0 Å². The Labute approximate surface area is 164 Å². The molecule has 0 spiro atoms. The molecule has 0 saturated heterocycles. The van der Waals surface area contributed by atoms with E-state index in [1.54, 1.807) is 0 Å². The molecule has 138 valence electrons. The summed E-state index contributed by atoms with van der Waals surface area (Å²) in [6, 6.07) is 6.11. The van der Waals surface area contributed by atoms with Crippen LogP contribution >= 0.6 is 15.9 Å². The van der Waals surface area contributed by atoms with Crippen LogP contribution in [0.25, 0.3) is 10.9 Å². The Hall–Kier alpha value is -2.34. The van der Waals surface area contributed by atoms with Crippen molar-refractivity contribution in [3.05, 3.63) is 56.6 Å². The summed E-state index contributed by atoms with van der Waals surface area (Å²) in [4.78, 5) is 30.7. The van der Waals surface area contributed by atoms with E-state index in [0.717, 1.165) is 40.2 Å². The third kappa shape index (κ3) is 2.50. The molecule has 1 aliphatic carbocycles. The summed E-state index contributed by atoms with van der Waals surface area (Å²) in [5.41, 5.74) is 4.76. The summed E-state index contributed by atoms with van der Waals surface area (Å²) in [6.45, 7) is 3.01. The molecule has 5 rings (SSSR count). The Morgan fingerprint density at radius 1 is 1.26 bits per heavy atom. The maximum Gasteiger partial charge on any atom is 0.290 e. The molecular weight excluding hydrogens is 408 g/mol. The largest absolute Gasteiger partial charge is 0.455 e. The van der Waals surface area contributed by atoms with Gasteiger partial charge in [-0.3, -0.25) is 9.59 Å². The average molecular weight is 427 g/mol. The second-order valence-corrected chi connectivity index (χ2v) is 8.21. The first-order chi connectivity index (χ1) is 13.0. The lowest BCUT2D eigenvalue weighted by Crippen LogP contribution is -2.36. The van der Waals surface area contributed by atoms with Crippen molar-refractivity contribution in [2.75, 3.05) is 6.54 Å². The molecule has 0 saturated carbocycles. The number of aromatic nitrogens is 1. The molecule has 1 aromatic carbocycles. The number of amides is 1. The molecule has 5 nitrogen and oxygen atoms in total. The van der Waals surface area contributed by atoms with Crippen molar-refractivity contribution >= 4 is 38.5 Å². The Morgan fingerprint density at radius 2 is 2.11 bits per heavy atom. The van der Waals surface area contributed by atoms with Gasteiger partial charge in [0.2, 0.25) is 0 Å². The van der Waals surface area contributed by atoms with Gasteiger partial charge in [0.1, 0.15) is 5.76 Å². The van der Waals surface area contributed by atoms with E-state index in [1.165, 1.54) is 5.69 Å². The minimum absolute atomic E-state index is 0.0963. The summed E-state index contributed by atoms with van der Waals surface area (Å²) in [5.74, 6) is 0.990. The minimum Gasteiger partial charge on any atom is -0.455 e. The van der Waals surface area contributed by atoms with Crippen LogP contribution in [0.3, 0.4) is 0 Å². The zero-order chi connectivity index (χ0) is 18.7. The smallest absolute Gasteiger partial charge is 0.290 e. The van der Waals surface area contributed by atoms with Crippen molar-refractivity contribution in [1.29, 1.82) is 0 Å². The van der Waals surface area contributed by atoms with E-state index in [2.05, 4.69) is 27.0 Å². The molecule has 1 aliphatic heterocycles. The summed E-state index contributed by atoms with van der Waals surface area (Å²) in [5, 5.41) is 1.14. The Morgan fingerprint density at radius 3 is 2.93 bits per heavy atom. The summed E-state index contributed by atoms with van der Waals surface area (Å²) in [7, 11) is 0. The van der Waals surface area contributed by atoms with E-state index in [4.69, 9.17) is 4.42 Å². The van der Waals surface area contributed by atoms with Gasteiger partial charge < -0.3 is 14.3 Å². The summed E-state index contributed by atoms with van der Waals surface area (Å²) in [6.07, 6.45) is 2.85. The molecule has 0 atom stereocenters. The number of halogens is 1. The number of nitrogens with zero attached hydrogens (tertiary/aromatic N) is 1. The van der Waals surface area contributed by atoms with Crippen LogP contribution in [0.4, 0.5) is 0 Å². The first kappa shape index (κ1) is 16.8. The number of Topliss-reactive ketones (excluding diaryl/α,β-unsaturated/α-hetero) is 1. The van der Waals surface area contributed by atoms with Crippen LogP contribution in [0, 0.1) is 6.92 Å². The van der Waals surface area contributed by atoms with Crippen molar-refractivity contribution in [2.45, 2.75) is 39.2 Å². The second kappa shape index (κ2) is 6.09. The standard InChI is InChI=1S/C21H19BrN2O3/c1-11-18-16(25)6-3-7-17(18)27-20(11)21(26)24-9-8-15-13(10-24)12-4-2-5-14(22)19(12)23-15/h2,4-5,23H,3,6-10H2,1H3. The lowest BCUT2D eigenvalue weighted by Gasteiger charge is -2.26. The molecule has 0 unspecified atom stereocenters. The molecule has 2 aromatic heterocycles. The SMILES string of the molecule is Cc1c(C(=O)N2CCc3[nH]c4c(Br)cccc4c3C2)oc2c1C(=O)CCC2. The van der Waals surface area contributed by atoms with Gasteiger partial charge in [0.25, 0.3) is 5.91 Å². The van der Waals surface area contributed by atoms with Crippen LogP contribution in [0.1, 0.15) is 56.3 Å². The molecule has 6 heteroatoms. The van der Waals surface area contributed by atoms with Gasteiger partial charge in [0.15, 0.2) is 11.5 Å². The highest BCUT2D eigenvalue weighted by Crippen LogP contribution is 2.34. The third-order valence-corrected chi connectivity index (χ3v) is 6.41. The van der Waals surface area contributed by atoms with Gasteiger partial charge in [0, 0.05) is 59.0 Å². The van der Waals surface area contributed by atoms with Crippen LogP contribution in [-0.4, -0.2) is 28.1 Å². The van der Waals surface area contributed by atoms with Gasteiger partial charge in [-0.2, -0.15) is 0 Å². The van der Waals surface area contributed by atoms with Crippen molar-refractivity contribution in [1.82, 2.24) is 9.88 Å². The van der Waals surface area contributed by atoms with E-state index in [-0.39, 0.29) is 11.7 Å². The van der Waals surface area contributed by atoms with Crippen LogP contribution in [0.2, 0.25) is 0 Å². The maximum absolute atomic E-state index is 13.2. The number of furan rings is 1. The molecule has 2 aliphatic rings. The highest BCUT2D eigenvalue weighted by Gasteiger charge is 2.32. The number of ketones is 1. The fourth-order valence-corrected chi connectivity index (χ4v) is 4.84. The van der Waals surface area contributed by atoms with Crippen molar-refractivity contribution in [3.8, 4) is 0 Å². The second-order valence-electron chi connectivity index (χ2n) is 7.35. The average Bonchev–Trinajstić information content (AvgIpc) is 3.20. The number of hydrogen-bond acceptors (Lipinski definition) is 3. The van der Waals surface area contributed by atoms with Gasteiger partial charge in [-0.15, -0.1) is 0 Å². The predicted molar refractivity (Wildman–Crippen MR) is 105 cm³/mol. The molecule has 1 N–H and O–H groups in total. The fraction of sp³-hybridized carbons (Fsp3) is 0.333. The van der Waals surface area contributed by atoms with Crippen LogP contribution in [0.5, 0.6) is 0 Å². The number of carbonyl (C=O) groups excluding carboxylic acids is 2. The number of fused-ring (bicyclic) bond motifs is 4. The molecule has 0 radical (unpaired) electrons. The first-order valence-electron chi connectivity index (χ1n) is 9.27. The van der Waals surface area contributed by atoms with Gasteiger partial charge in [0.05, 0.1) is 11.1 Å². The van der Waals surface area contributed by atoms with Crippen LogP contribution in [-0.2, 0) is 19.4 Å². The molecule has 3 heterocycles. The Kier molecular flexibility index (Phi) is 3.79. The topological polar surface area (TPSA) is 66.3 Å². The molecular formula is C21H19BrN2O3. The van der Waals surface area contributed by atoms with Gasteiger partial charge in [-0.05, 0) is 35.3 Å². The van der Waals surface area contributed by atoms with Gasteiger partial charge in [-0.1, -0.05) is 12.1 Å². The van der Waals surface area contributed by atoms with Crippen LogP contribution in [0.15, 0.2) is 27.1 Å². The number of H-pyrrole nitrogens is 1. The lowest BCUT2D eigenvalue weighted by molar-refractivity contribution is 0.0699. The quantitative estimate of drug-likeness (QED) is 0.620. The zero-order valence-electron chi connectivity index (χ0n) is 15.0. The van der Waals surface area contributed by atoms with E-state index in [0.29, 0.717) is 42.2 Å². The number of rotatable bonds is 1. The normalized spacial score (nSPS) is 16.5. The number of benzene rings is 1. The minimum atomic E-state index is -0.121. The van der Waals surface area contributed by atoms with E-state index >= 15 is 0 Å². The van der Waals surface area contributed by atoms with Gasteiger partial charge >= 0.3 is 0 Å². The zero-order valence-corrected chi connectivity index (χ0v) is 16.6. The molecule has 3 aromatic rings. The Balaban J connectivity index is 1.51. The predicted octanol–water partition coefficient (Wildman–Crippen LogP) is 4.55. The summed E-state index contributed by atoms with van der Waals surface area (Å²) >= 11 is 3.59. The molecule has 0 fully saturated rings. The number of nitrogens with one attached hydrogen (secondary N) is 1. The lowest BCUT2D eigenvalue weighted by atomic mass is 9.94. The molecule has 1 amide bonds. The number of aromatic amines is 1.